The summed E-state index contributed by atoms with van der Waals surface area (Å²) in [5, 5.41) is 14.8. The van der Waals surface area contributed by atoms with Crippen LogP contribution in [0.1, 0.15) is 55.8 Å². The first kappa shape index (κ1) is 22.6. The van der Waals surface area contributed by atoms with E-state index in [9.17, 15) is 13.6 Å². The Morgan fingerprint density at radius 2 is 2.26 bits per heavy atom. The summed E-state index contributed by atoms with van der Waals surface area (Å²) in [6.45, 7) is 5.97. The van der Waals surface area contributed by atoms with E-state index in [0.717, 1.165) is 0 Å². The zero-order valence-electron chi connectivity index (χ0n) is 17.6. The largest absolute Gasteiger partial charge is 0.363 e. The topological polar surface area (TPSA) is 81.1 Å². The zero-order chi connectivity index (χ0) is 22.4. The average Bonchev–Trinajstić information content (AvgIpc) is 3.33. The summed E-state index contributed by atoms with van der Waals surface area (Å²) in [5.41, 5.74) is -0.142. The number of carbonyl (C=O) groups is 1. The van der Waals surface area contributed by atoms with Gasteiger partial charge in [-0.2, -0.15) is 8.78 Å². The molecule has 1 saturated heterocycles. The molecule has 3 atom stereocenters. The van der Waals surface area contributed by atoms with Gasteiger partial charge in [-0.15, -0.1) is 16.4 Å². The van der Waals surface area contributed by atoms with Crippen LogP contribution >= 0.6 is 22.9 Å². The molecule has 11 heteroatoms. The number of fused-ring (bicyclic) bond motifs is 2. The first-order valence-corrected chi connectivity index (χ1v) is 11.5. The van der Waals surface area contributed by atoms with Crippen molar-refractivity contribution in [2.24, 2.45) is 5.92 Å². The van der Waals surface area contributed by atoms with E-state index in [4.69, 9.17) is 16.3 Å². The summed E-state index contributed by atoms with van der Waals surface area (Å²) in [6, 6.07) is 1.19. The number of nitrogens with one attached hydrogen (secondary N) is 2. The van der Waals surface area contributed by atoms with Gasteiger partial charge in [0, 0.05) is 35.4 Å². The Bertz CT molecular complexity index is 965. The smallest absolute Gasteiger partial charge is 0.297 e. The minimum absolute atomic E-state index is 0.0123. The summed E-state index contributed by atoms with van der Waals surface area (Å²) in [6.07, 6.45) is 2.85. The van der Waals surface area contributed by atoms with Crippen LogP contribution in [0.2, 0.25) is 4.34 Å². The fourth-order valence-electron chi connectivity index (χ4n) is 4.29. The van der Waals surface area contributed by atoms with Crippen LogP contribution in [0.4, 0.5) is 8.78 Å². The Morgan fingerprint density at radius 3 is 3.00 bits per heavy atom. The summed E-state index contributed by atoms with van der Waals surface area (Å²) in [7, 11) is 0. The van der Waals surface area contributed by atoms with Crippen LogP contribution in [-0.2, 0) is 27.6 Å². The second-order valence-electron chi connectivity index (χ2n) is 8.66. The van der Waals surface area contributed by atoms with Crippen LogP contribution in [-0.4, -0.2) is 40.1 Å². The average molecular weight is 474 g/mol. The molecule has 0 aromatic carbocycles. The molecule has 31 heavy (non-hydrogen) atoms. The van der Waals surface area contributed by atoms with Crippen LogP contribution < -0.4 is 10.6 Å². The molecule has 1 fully saturated rings. The van der Waals surface area contributed by atoms with E-state index in [0.29, 0.717) is 40.8 Å². The molecule has 1 amide bonds. The third kappa shape index (κ3) is 4.48. The molecule has 2 aromatic heterocycles. The van der Waals surface area contributed by atoms with Crippen LogP contribution in [0, 0.1) is 5.92 Å². The Balaban J connectivity index is 1.52. The molecule has 0 saturated carbocycles. The van der Waals surface area contributed by atoms with Gasteiger partial charge in [-0.25, -0.2) is 0 Å². The molecule has 170 valence electrons. The highest BCUT2D eigenvalue weighted by Gasteiger charge is 2.53. The van der Waals surface area contributed by atoms with Gasteiger partial charge < -0.3 is 15.4 Å². The highest BCUT2D eigenvalue weighted by atomic mass is 35.5. The number of hydrogen-bond donors (Lipinski definition) is 2. The second-order valence-corrected chi connectivity index (χ2v) is 10.3. The number of alkyl halides is 2. The SMILES string of the molecule is CC(C)C(=O)NCCn1cc([C@@H]2C[C@]3(C[C@H](C)N2)OCC(F)(F)c2cc(Cl)sc23)nn1. The number of piperidine rings is 1. The van der Waals surface area contributed by atoms with Gasteiger partial charge in [0.1, 0.15) is 12.2 Å². The number of rotatable bonds is 5. The van der Waals surface area contributed by atoms with Gasteiger partial charge in [-0.05, 0) is 19.4 Å². The minimum Gasteiger partial charge on any atom is -0.363 e. The molecule has 2 aromatic rings. The molecular formula is C20H26ClF2N5O2S. The zero-order valence-corrected chi connectivity index (χ0v) is 19.2. The van der Waals surface area contributed by atoms with Crippen molar-refractivity contribution in [3.8, 4) is 0 Å². The number of aromatic nitrogens is 3. The van der Waals surface area contributed by atoms with Crippen LogP contribution in [0.5, 0.6) is 0 Å². The molecular weight excluding hydrogens is 448 g/mol. The quantitative estimate of drug-likeness (QED) is 0.693. The normalized spacial score (nSPS) is 27.5. The number of nitrogens with zero attached hydrogens (tertiary/aromatic N) is 3. The Kier molecular flexibility index (Phi) is 6.10. The number of amides is 1. The molecule has 4 rings (SSSR count). The molecule has 7 nitrogen and oxygen atoms in total. The standard InChI is InChI=1S/C20H26ClF2N5O2S/c1-11(2)18(29)24-4-5-28-9-15(26-27-28)14-8-19(7-12(3)25-14)17-13(6-16(21)31-17)20(22,23)10-30-19/h6,9,11-12,14,25H,4-5,7-8,10H2,1-3H3,(H,24,29)/t12-,14-,19-/m0/s1. The molecule has 1 spiro atoms. The van der Waals surface area contributed by atoms with Crippen LogP contribution in [0.3, 0.4) is 0 Å². The van der Waals surface area contributed by atoms with E-state index in [1.807, 2.05) is 27.0 Å². The van der Waals surface area contributed by atoms with Crippen molar-refractivity contribution in [2.75, 3.05) is 13.2 Å². The van der Waals surface area contributed by atoms with Gasteiger partial charge in [-0.3, -0.25) is 9.48 Å². The third-order valence-electron chi connectivity index (χ3n) is 5.77. The lowest BCUT2D eigenvalue weighted by atomic mass is 9.78. The lowest BCUT2D eigenvalue weighted by molar-refractivity contribution is -0.183. The summed E-state index contributed by atoms with van der Waals surface area (Å²) >= 11 is 7.29. The highest BCUT2D eigenvalue weighted by molar-refractivity contribution is 7.16. The van der Waals surface area contributed by atoms with Gasteiger partial charge in [0.2, 0.25) is 5.91 Å². The molecule has 4 heterocycles. The predicted molar refractivity (Wildman–Crippen MR) is 113 cm³/mol. The second kappa shape index (κ2) is 8.38. The molecule has 0 radical (unpaired) electrons. The van der Waals surface area contributed by atoms with Gasteiger partial charge >= 0.3 is 0 Å². The number of ether oxygens (including phenoxy) is 1. The fraction of sp³-hybridized carbons (Fsp3) is 0.650. The number of halogens is 3. The van der Waals surface area contributed by atoms with E-state index in [1.54, 1.807) is 4.68 Å². The lowest BCUT2D eigenvalue weighted by Gasteiger charge is -2.47. The van der Waals surface area contributed by atoms with Crippen molar-refractivity contribution < 1.29 is 18.3 Å². The maximum Gasteiger partial charge on any atom is 0.297 e. The van der Waals surface area contributed by atoms with E-state index in [-0.39, 0.29) is 29.5 Å². The Labute approximate surface area is 188 Å². The van der Waals surface area contributed by atoms with Crippen molar-refractivity contribution in [1.82, 2.24) is 25.6 Å². The Hall–Kier alpha value is -1.62. The molecule has 0 bridgehead atoms. The Morgan fingerprint density at radius 1 is 1.48 bits per heavy atom. The van der Waals surface area contributed by atoms with E-state index in [2.05, 4.69) is 20.9 Å². The van der Waals surface area contributed by atoms with Crippen molar-refractivity contribution >= 4 is 28.8 Å². The number of thiophene rings is 1. The monoisotopic (exact) mass is 473 g/mol. The van der Waals surface area contributed by atoms with Crippen molar-refractivity contribution in [3.63, 3.8) is 0 Å². The number of hydrogen-bond acceptors (Lipinski definition) is 6. The highest BCUT2D eigenvalue weighted by Crippen LogP contribution is 2.54. The lowest BCUT2D eigenvalue weighted by Crippen LogP contribution is -2.51. The maximum atomic E-state index is 14.4. The van der Waals surface area contributed by atoms with E-state index >= 15 is 0 Å². The summed E-state index contributed by atoms with van der Waals surface area (Å²) in [5.74, 6) is -3.13. The van der Waals surface area contributed by atoms with Crippen molar-refractivity contribution in [1.29, 1.82) is 0 Å². The molecule has 0 unspecified atom stereocenters. The first-order chi connectivity index (χ1) is 14.6. The number of carbonyl (C=O) groups excluding carboxylic acids is 1. The van der Waals surface area contributed by atoms with Crippen molar-refractivity contribution in [3.05, 3.63) is 32.7 Å². The van der Waals surface area contributed by atoms with Crippen molar-refractivity contribution in [2.45, 2.75) is 63.8 Å². The summed E-state index contributed by atoms with van der Waals surface area (Å²) < 4.78 is 36.8. The van der Waals surface area contributed by atoms with Gasteiger partial charge in [0.25, 0.3) is 5.92 Å². The predicted octanol–water partition coefficient (Wildman–Crippen LogP) is 3.60. The van der Waals surface area contributed by atoms with Gasteiger partial charge in [0.05, 0.1) is 28.8 Å². The molecule has 2 aliphatic heterocycles. The molecule has 2 aliphatic rings. The molecule has 2 N–H and O–H groups in total. The van der Waals surface area contributed by atoms with E-state index < -0.39 is 18.1 Å². The summed E-state index contributed by atoms with van der Waals surface area (Å²) in [4.78, 5) is 12.2. The molecule has 0 aliphatic carbocycles. The van der Waals surface area contributed by atoms with Crippen LogP contribution in [0.15, 0.2) is 12.3 Å². The fourth-order valence-corrected chi connectivity index (χ4v) is 5.73. The maximum absolute atomic E-state index is 14.4. The third-order valence-corrected chi connectivity index (χ3v) is 7.22. The van der Waals surface area contributed by atoms with E-state index in [1.165, 1.54) is 17.4 Å². The van der Waals surface area contributed by atoms with Gasteiger partial charge in [-0.1, -0.05) is 30.7 Å². The van der Waals surface area contributed by atoms with Crippen LogP contribution in [0.25, 0.3) is 0 Å². The minimum atomic E-state index is -3.04. The van der Waals surface area contributed by atoms with Gasteiger partial charge in [0.15, 0.2) is 0 Å². The first-order valence-electron chi connectivity index (χ1n) is 10.4.